The van der Waals surface area contributed by atoms with E-state index in [0.717, 1.165) is 11.3 Å². The third-order valence-corrected chi connectivity index (χ3v) is 9.16. The van der Waals surface area contributed by atoms with Crippen molar-refractivity contribution in [2.45, 2.75) is 0 Å². The summed E-state index contributed by atoms with van der Waals surface area (Å²) >= 11 is 1.90. The highest BCUT2D eigenvalue weighted by molar-refractivity contribution is 7.26. The maximum absolute atomic E-state index is 4.64. The van der Waals surface area contributed by atoms with E-state index in [2.05, 4.69) is 119 Å². The minimum Gasteiger partial charge on any atom is -0.307 e. The third-order valence-electron chi connectivity index (χ3n) is 7.96. The van der Waals surface area contributed by atoms with Gasteiger partial charge in [-0.1, -0.05) is 72.8 Å². The SMILES string of the molecule is c1ccc(-c2cc3c4cc(-c5ccccn5)ccc4n4c3c(c2)c2ccc3c5ccccc5sc3c24)cc1. The van der Waals surface area contributed by atoms with E-state index in [0.29, 0.717) is 0 Å². The first-order chi connectivity index (χ1) is 18.8. The van der Waals surface area contributed by atoms with Crippen molar-refractivity contribution in [3.05, 3.63) is 121 Å². The van der Waals surface area contributed by atoms with Crippen LogP contribution in [0.15, 0.2) is 121 Å². The number of hydrogen-bond donors (Lipinski definition) is 0. The van der Waals surface area contributed by atoms with Crippen molar-refractivity contribution in [2.75, 3.05) is 0 Å². The van der Waals surface area contributed by atoms with Crippen LogP contribution in [0.25, 0.3) is 80.7 Å². The molecule has 2 nitrogen and oxygen atoms in total. The van der Waals surface area contributed by atoms with Gasteiger partial charge < -0.3 is 4.40 Å². The zero-order chi connectivity index (χ0) is 24.8. The lowest BCUT2D eigenvalue weighted by molar-refractivity contribution is 1.33. The van der Waals surface area contributed by atoms with Gasteiger partial charge in [-0.3, -0.25) is 4.98 Å². The molecule has 176 valence electrons. The first-order valence-corrected chi connectivity index (χ1v) is 13.7. The molecule has 0 saturated carbocycles. The van der Waals surface area contributed by atoms with Crippen LogP contribution in [0, 0.1) is 0 Å². The molecule has 0 fully saturated rings. The average Bonchev–Trinajstić information content (AvgIpc) is 3.64. The van der Waals surface area contributed by atoms with Crippen molar-refractivity contribution in [1.29, 1.82) is 0 Å². The molecule has 0 spiro atoms. The van der Waals surface area contributed by atoms with Crippen LogP contribution >= 0.6 is 11.3 Å². The highest BCUT2D eigenvalue weighted by Crippen LogP contribution is 2.47. The molecule has 4 aromatic heterocycles. The van der Waals surface area contributed by atoms with Crippen molar-refractivity contribution >= 4 is 69.6 Å². The van der Waals surface area contributed by atoms with Crippen LogP contribution in [0.5, 0.6) is 0 Å². The van der Waals surface area contributed by atoms with Gasteiger partial charge in [0.15, 0.2) is 0 Å². The van der Waals surface area contributed by atoms with Crippen molar-refractivity contribution < 1.29 is 0 Å². The second-order valence-electron chi connectivity index (χ2n) is 10.0. The number of rotatable bonds is 2. The molecule has 5 aromatic carbocycles. The monoisotopic (exact) mass is 500 g/mol. The van der Waals surface area contributed by atoms with E-state index >= 15 is 0 Å². The van der Waals surface area contributed by atoms with Crippen LogP contribution in [0.2, 0.25) is 0 Å². The standard InChI is InChI=1S/C35H20N2S/c1-2-8-21(9-3-1)23-19-28-25-14-15-26-24-10-4-5-12-32(24)38-35(26)34(25)37-31-16-13-22(30-11-6-7-17-36-30)18-27(31)29(20-23)33(28)37/h1-20H. The summed E-state index contributed by atoms with van der Waals surface area (Å²) in [4.78, 5) is 4.64. The Balaban J connectivity index is 1.50. The Morgan fingerprint density at radius 2 is 1.26 bits per heavy atom. The van der Waals surface area contributed by atoms with Crippen LogP contribution < -0.4 is 0 Å². The highest BCUT2D eigenvalue weighted by atomic mass is 32.1. The zero-order valence-electron chi connectivity index (χ0n) is 20.3. The fourth-order valence-corrected chi connectivity index (χ4v) is 7.53. The smallest absolute Gasteiger partial charge is 0.0720 e. The largest absolute Gasteiger partial charge is 0.307 e. The number of hydrogen-bond acceptors (Lipinski definition) is 2. The number of aromatic nitrogens is 2. The molecule has 3 heteroatoms. The minimum atomic E-state index is 0.999. The molecular weight excluding hydrogens is 480 g/mol. The van der Waals surface area contributed by atoms with Gasteiger partial charge >= 0.3 is 0 Å². The predicted molar refractivity (Wildman–Crippen MR) is 163 cm³/mol. The molecule has 0 radical (unpaired) electrons. The number of pyridine rings is 1. The first kappa shape index (κ1) is 20.3. The van der Waals surface area contributed by atoms with E-state index in [9.17, 15) is 0 Å². The maximum atomic E-state index is 4.64. The lowest BCUT2D eigenvalue weighted by Crippen LogP contribution is -1.84. The first-order valence-electron chi connectivity index (χ1n) is 12.9. The normalized spacial score (nSPS) is 12.2. The van der Waals surface area contributed by atoms with Crippen molar-refractivity contribution in [3.8, 4) is 22.4 Å². The number of benzene rings is 5. The fourth-order valence-electron chi connectivity index (χ4n) is 6.29. The summed E-state index contributed by atoms with van der Waals surface area (Å²) in [5, 5.41) is 7.86. The molecule has 0 bridgehead atoms. The second-order valence-corrected chi connectivity index (χ2v) is 11.1. The summed E-state index contributed by atoms with van der Waals surface area (Å²) in [6, 6.07) is 41.9. The summed E-state index contributed by atoms with van der Waals surface area (Å²) in [6.07, 6.45) is 1.87. The highest BCUT2D eigenvalue weighted by Gasteiger charge is 2.22. The van der Waals surface area contributed by atoms with Gasteiger partial charge in [-0.15, -0.1) is 11.3 Å². The Morgan fingerprint density at radius 1 is 0.500 bits per heavy atom. The average molecular weight is 501 g/mol. The number of nitrogens with zero attached hydrogens (tertiary/aromatic N) is 2. The minimum absolute atomic E-state index is 0.999. The van der Waals surface area contributed by atoms with E-state index in [1.807, 2.05) is 23.6 Å². The van der Waals surface area contributed by atoms with E-state index < -0.39 is 0 Å². The molecule has 0 amide bonds. The predicted octanol–water partition coefficient (Wildman–Crippen LogP) is 9.93. The topological polar surface area (TPSA) is 17.3 Å². The van der Waals surface area contributed by atoms with Crippen molar-refractivity contribution in [2.24, 2.45) is 0 Å². The van der Waals surface area contributed by atoms with Crippen LogP contribution in [-0.2, 0) is 0 Å². The third kappa shape index (κ3) is 2.64. The Hall–Kier alpha value is -4.73. The maximum Gasteiger partial charge on any atom is 0.0720 e. The van der Waals surface area contributed by atoms with Gasteiger partial charge in [-0.05, 0) is 53.6 Å². The lowest BCUT2D eigenvalue weighted by Gasteiger charge is -2.05. The molecular formula is C35H20N2S. The van der Waals surface area contributed by atoms with Gasteiger partial charge in [0.1, 0.15) is 0 Å². The van der Waals surface area contributed by atoms with Crippen LogP contribution in [0.1, 0.15) is 0 Å². The molecule has 9 rings (SSSR count). The Morgan fingerprint density at radius 3 is 2.13 bits per heavy atom. The van der Waals surface area contributed by atoms with Gasteiger partial charge in [-0.25, -0.2) is 0 Å². The van der Waals surface area contributed by atoms with Gasteiger partial charge in [0, 0.05) is 48.8 Å². The van der Waals surface area contributed by atoms with E-state index in [1.54, 1.807) is 0 Å². The number of fused-ring (bicyclic) bond motifs is 10. The van der Waals surface area contributed by atoms with Gasteiger partial charge in [0.2, 0.25) is 0 Å². The Labute approximate surface area is 222 Å². The Bertz CT molecular complexity index is 2330. The quantitative estimate of drug-likeness (QED) is 0.231. The molecule has 0 N–H and O–H groups in total. The summed E-state index contributed by atoms with van der Waals surface area (Å²) in [5.74, 6) is 0. The molecule has 0 atom stereocenters. The molecule has 0 unspecified atom stereocenters. The summed E-state index contributed by atoms with van der Waals surface area (Å²) in [7, 11) is 0. The van der Waals surface area contributed by atoms with Crippen LogP contribution in [-0.4, -0.2) is 9.38 Å². The molecule has 0 aliphatic carbocycles. The lowest BCUT2D eigenvalue weighted by atomic mass is 9.98. The van der Waals surface area contributed by atoms with Gasteiger partial charge in [-0.2, -0.15) is 0 Å². The van der Waals surface area contributed by atoms with Gasteiger partial charge in [0.25, 0.3) is 0 Å². The molecule has 0 saturated heterocycles. The summed E-state index contributed by atoms with van der Waals surface area (Å²) in [5.41, 5.74) is 8.49. The molecule has 9 aromatic rings. The molecule has 4 heterocycles. The van der Waals surface area contributed by atoms with E-state index in [-0.39, 0.29) is 0 Å². The summed E-state index contributed by atoms with van der Waals surface area (Å²) < 4.78 is 5.21. The van der Waals surface area contributed by atoms with E-state index in [4.69, 9.17) is 0 Å². The summed E-state index contributed by atoms with van der Waals surface area (Å²) in [6.45, 7) is 0. The second kappa shape index (κ2) is 7.41. The van der Waals surface area contributed by atoms with Crippen LogP contribution in [0.3, 0.4) is 0 Å². The zero-order valence-corrected chi connectivity index (χ0v) is 21.2. The molecule has 0 aliphatic rings. The number of thiophene rings is 1. The van der Waals surface area contributed by atoms with E-state index in [1.165, 1.54) is 69.4 Å². The van der Waals surface area contributed by atoms with Crippen LogP contribution in [0.4, 0.5) is 0 Å². The van der Waals surface area contributed by atoms with Gasteiger partial charge in [0.05, 0.1) is 26.9 Å². The Kier molecular flexibility index (Phi) is 3.96. The van der Waals surface area contributed by atoms with Crippen molar-refractivity contribution in [1.82, 2.24) is 9.38 Å². The van der Waals surface area contributed by atoms with Crippen molar-refractivity contribution in [3.63, 3.8) is 0 Å². The fraction of sp³-hybridized carbons (Fsp3) is 0. The molecule has 0 aliphatic heterocycles. The molecule has 38 heavy (non-hydrogen) atoms.